The zero-order valence-electron chi connectivity index (χ0n) is 14.2. The topological polar surface area (TPSA) is 58.9 Å². The van der Waals surface area contributed by atoms with Gasteiger partial charge in [-0.05, 0) is 57.9 Å². The van der Waals surface area contributed by atoms with Crippen LogP contribution in [-0.2, 0) is 0 Å². The van der Waals surface area contributed by atoms with Crippen LogP contribution in [0.4, 0.5) is 0 Å². The van der Waals surface area contributed by atoms with E-state index in [0.717, 1.165) is 21.5 Å². The van der Waals surface area contributed by atoms with Gasteiger partial charge in [-0.1, -0.05) is 24.3 Å². The van der Waals surface area contributed by atoms with Crippen LogP contribution in [0, 0.1) is 0 Å². The molecule has 0 aromatic heterocycles. The summed E-state index contributed by atoms with van der Waals surface area (Å²) in [6.45, 7) is 0.206. The van der Waals surface area contributed by atoms with Crippen molar-refractivity contribution in [2.75, 3.05) is 6.79 Å². The molecule has 5 aromatic rings. The van der Waals surface area contributed by atoms with E-state index in [-0.39, 0.29) is 18.3 Å². The summed E-state index contributed by atoms with van der Waals surface area (Å²) in [6.07, 6.45) is 0. The second kappa shape index (κ2) is 4.95. The molecule has 0 unspecified atom stereocenters. The minimum Gasteiger partial charge on any atom is -0.507 e. The fourth-order valence-corrected chi connectivity index (χ4v) is 4.00. The lowest BCUT2D eigenvalue weighted by molar-refractivity contribution is 0.174. The lowest BCUT2D eigenvalue weighted by atomic mass is 9.95. The molecule has 6 rings (SSSR count). The molecular weight excluding hydrogens is 340 g/mol. The molecule has 0 saturated heterocycles. The van der Waals surface area contributed by atoms with E-state index < -0.39 is 0 Å². The van der Waals surface area contributed by atoms with Crippen LogP contribution in [0.1, 0.15) is 0 Å². The van der Waals surface area contributed by atoms with Crippen molar-refractivity contribution in [3.8, 4) is 23.0 Å². The Bertz CT molecular complexity index is 1310. The monoisotopic (exact) mass is 354 g/mol. The number of phenolic OH excluding ortho intramolecular Hbond substituents is 2. The highest BCUT2D eigenvalue weighted by atomic mass is 16.7. The molecule has 1 heterocycles. The Labute approximate surface area is 153 Å². The molecule has 130 valence electrons. The minimum absolute atomic E-state index is 0.170. The number of hydrogen-bond donors (Lipinski definition) is 2. The zero-order chi connectivity index (χ0) is 18.1. The standard InChI is InChI=1S/C23H14O4/c24-22-16-5-12-3-1-2-4-13(12)6-17(16)23(25)19-8-15-10-21-20(26-11-27-21)9-14(15)7-18(19)22/h1-10,24-25H,11H2. The smallest absolute Gasteiger partial charge is 0.231 e. The number of aromatic hydroxyl groups is 2. The summed E-state index contributed by atoms with van der Waals surface area (Å²) in [4.78, 5) is 0. The SMILES string of the molecule is Oc1c2cc3ccccc3cc2c(O)c2cc3cc4c(cc3cc12)OCO4. The van der Waals surface area contributed by atoms with Gasteiger partial charge in [0.25, 0.3) is 0 Å². The predicted molar refractivity (Wildman–Crippen MR) is 106 cm³/mol. The number of ether oxygens (including phenoxy) is 2. The number of hydrogen-bond acceptors (Lipinski definition) is 4. The molecule has 0 atom stereocenters. The third kappa shape index (κ3) is 1.92. The van der Waals surface area contributed by atoms with Crippen LogP contribution in [0.25, 0.3) is 43.1 Å². The maximum Gasteiger partial charge on any atom is 0.231 e. The summed E-state index contributed by atoms with van der Waals surface area (Å²) < 4.78 is 10.9. The first-order valence-corrected chi connectivity index (χ1v) is 8.72. The summed E-state index contributed by atoms with van der Waals surface area (Å²) >= 11 is 0. The van der Waals surface area contributed by atoms with Crippen molar-refractivity contribution in [3.05, 3.63) is 60.7 Å². The van der Waals surface area contributed by atoms with Gasteiger partial charge >= 0.3 is 0 Å². The van der Waals surface area contributed by atoms with E-state index in [1.165, 1.54) is 0 Å². The van der Waals surface area contributed by atoms with Gasteiger partial charge in [-0.25, -0.2) is 0 Å². The summed E-state index contributed by atoms with van der Waals surface area (Å²) in [5.41, 5.74) is 0. The molecule has 0 bridgehead atoms. The van der Waals surface area contributed by atoms with Gasteiger partial charge in [0.1, 0.15) is 11.5 Å². The van der Waals surface area contributed by atoms with Crippen LogP contribution in [0.15, 0.2) is 60.7 Å². The summed E-state index contributed by atoms with van der Waals surface area (Å²) in [6, 6.07) is 19.3. The molecule has 0 saturated carbocycles. The molecule has 1 aliphatic heterocycles. The lowest BCUT2D eigenvalue weighted by Gasteiger charge is -2.12. The Balaban J connectivity index is 1.78. The van der Waals surface area contributed by atoms with Gasteiger partial charge in [-0.15, -0.1) is 0 Å². The van der Waals surface area contributed by atoms with Gasteiger partial charge in [0.05, 0.1) is 0 Å². The average Bonchev–Trinajstić information content (AvgIpc) is 3.15. The van der Waals surface area contributed by atoms with Crippen LogP contribution in [0.2, 0.25) is 0 Å². The van der Waals surface area contributed by atoms with Crippen molar-refractivity contribution in [1.82, 2.24) is 0 Å². The average molecular weight is 354 g/mol. The van der Waals surface area contributed by atoms with Crippen molar-refractivity contribution in [3.63, 3.8) is 0 Å². The maximum atomic E-state index is 11.0. The Hall–Kier alpha value is -3.66. The molecule has 0 spiro atoms. The van der Waals surface area contributed by atoms with Gasteiger partial charge in [-0.3, -0.25) is 0 Å². The summed E-state index contributed by atoms with van der Waals surface area (Å²) in [5.74, 6) is 1.72. The molecule has 4 heteroatoms. The maximum absolute atomic E-state index is 11.0. The third-order valence-electron chi connectivity index (χ3n) is 5.37. The van der Waals surface area contributed by atoms with E-state index in [1.54, 1.807) is 0 Å². The minimum atomic E-state index is 0.170. The molecule has 0 aliphatic carbocycles. The first-order chi connectivity index (χ1) is 13.2. The van der Waals surface area contributed by atoms with E-state index in [4.69, 9.17) is 9.47 Å². The highest BCUT2D eigenvalue weighted by Gasteiger charge is 2.18. The largest absolute Gasteiger partial charge is 0.507 e. The van der Waals surface area contributed by atoms with E-state index >= 15 is 0 Å². The molecule has 0 amide bonds. The van der Waals surface area contributed by atoms with Crippen LogP contribution in [-0.4, -0.2) is 17.0 Å². The Morgan fingerprint density at radius 3 is 1.41 bits per heavy atom. The van der Waals surface area contributed by atoms with Gasteiger partial charge in [-0.2, -0.15) is 0 Å². The number of fused-ring (bicyclic) bond motifs is 5. The fraction of sp³-hybridized carbons (Fsp3) is 0.0435. The normalized spacial score (nSPS) is 13.2. The van der Waals surface area contributed by atoms with E-state index in [1.807, 2.05) is 60.7 Å². The molecule has 5 aromatic carbocycles. The Kier molecular flexibility index (Phi) is 2.66. The van der Waals surface area contributed by atoms with Crippen LogP contribution < -0.4 is 9.47 Å². The van der Waals surface area contributed by atoms with E-state index in [0.29, 0.717) is 33.0 Å². The van der Waals surface area contributed by atoms with E-state index in [2.05, 4.69) is 0 Å². The first kappa shape index (κ1) is 14.5. The third-order valence-corrected chi connectivity index (χ3v) is 5.37. The van der Waals surface area contributed by atoms with Crippen LogP contribution >= 0.6 is 0 Å². The highest BCUT2D eigenvalue weighted by molar-refractivity contribution is 6.17. The Morgan fingerprint density at radius 1 is 0.556 bits per heavy atom. The van der Waals surface area contributed by atoms with Gasteiger partial charge in [0, 0.05) is 21.5 Å². The first-order valence-electron chi connectivity index (χ1n) is 8.72. The van der Waals surface area contributed by atoms with Crippen LogP contribution in [0.3, 0.4) is 0 Å². The van der Waals surface area contributed by atoms with Crippen molar-refractivity contribution >= 4 is 43.1 Å². The molecule has 1 aliphatic rings. The van der Waals surface area contributed by atoms with Crippen molar-refractivity contribution < 1.29 is 19.7 Å². The number of phenols is 2. The lowest BCUT2D eigenvalue weighted by Crippen LogP contribution is -1.92. The van der Waals surface area contributed by atoms with Gasteiger partial charge in [0.15, 0.2) is 11.5 Å². The molecule has 0 radical (unpaired) electrons. The van der Waals surface area contributed by atoms with Crippen molar-refractivity contribution in [1.29, 1.82) is 0 Å². The second-order valence-electron chi connectivity index (χ2n) is 6.89. The second-order valence-corrected chi connectivity index (χ2v) is 6.89. The van der Waals surface area contributed by atoms with Crippen LogP contribution in [0.5, 0.6) is 23.0 Å². The fourth-order valence-electron chi connectivity index (χ4n) is 4.00. The van der Waals surface area contributed by atoms with Crippen molar-refractivity contribution in [2.45, 2.75) is 0 Å². The molecule has 4 nitrogen and oxygen atoms in total. The Morgan fingerprint density at radius 2 is 0.963 bits per heavy atom. The molecule has 2 N–H and O–H groups in total. The van der Waals surface area contributed by atoms with E-state index in [9.17, 15) is 10.2 Å². The number of benzene rings is 5. The predicted octanol–water partition coefficient (Wildman–Crippen LogP) is 5.44. The molecular formula is C23H14O4. The zero-order valence-corrected chi connectivity index (χ0v) is 14.2. The summed E-state index contributed by atoms with van der Waals surface area (Å²) in [5, 5.41) is 28.3. The number of rotatable bonds is 0. The van der Waals surface area contributed by atoms with Gasteiger partial charge < -0.3 is 19.7 Å². The molecule has 0 fully saturated rings. The van der Waals surface area contributed by atoms with Crippen molar-refractivity contribution in [2.24, 2.45) is 0 Å². The quantitative estimate of drug-likeness (QED) is 0.287. The van der Waals surface area contributed by atoms with Gasteiger partial charge in [0.2, 0.25) is 6.79 Å². The molecule has 27 heavy (non-hydrogen) atoms. The summed E-state index contributed by atoms with van der Waals surface area (Å²) in [7, 11) is 0. The highest BCUT2D eigenvalue weighted by Crippen LogP contribution is 2.45.